The molecule has 6 heteroatoms. The van der Waals surface area contributed by atoms with Crippen molar-refractivity contribution < 1.29 is 9.53 Å². The molecule has 32 heavy (non-hydrogen) atoms. The minimum atomic E-state index is -0.0440. The van der Waals surface area contributed by atoms with Crippen LogP contribution in [0.25, 0.3) is 11.0 Å². The van der Waals surface area contributed by atoms with E-state index in [-0.39, 0.29) is 5.91 Å². The van der Waals surface area contributed by atoms with Gasteiger partial charge in [0.2, 0.25) is 0 Å². The molecule has 164 valence electrons. The summed E-state index contributed by atoms with van der Waals surface area (Å²) in [7, 11) is 1.81. The minimum Gasteiger partial charge on any atom is -0.494 e. The van der Waals surface area contributed by atoms with Crippen LogP contribution in [0.4, 0.5) is 0 Å². The summed E-state index contributed by atoms with van der Waals surface area (Å²) >= 11 is 0. The van der Waals surface area contributed by atoms with Crippen LogP contribution >= 0.6 is 0 Å². The van der Waals surface area contributed by atoms with Crippen LogP contribution in [-0.4, -0.2) is 39.0 Å². The first-order valence-corrected chi connectivity index (χ1v) is 10.9. The third kappa shape index (κ3) is 5.14. The normalized spacial score (nSPS) is 10.9. The van der Waals surface area contributed by atoms with E-state index < -0.39 is 0 Å². The first-order valence-electron chi connectivity index (χ1n) is 10.9. The van der Waals surface area contributed by atoms with E-state index in [1.54, 1.807) is 29.4 Å². The van der Waals surface area contributed by atoms with Crippen LogP contribution in [0.5, 0.6) is 5.75 Å². The van der Waals surface area contributed by atoms with Gasteiger partial charge in [-0.15, -0.1) is 0 Å². The number of para-hydroxylation sites is 2. The molecule has 4 aromatic rings. The monoisotopic (exact) mass is 428 g/mol. The summed E-state index contributed by atoms with van der Waals surface area (Å²) in [6.45, 7) is 4.00. The second kappa shape index (κ2) is 10.1. The van der Waals surface area contributed by atoms with Gasteiger partial charge in [0.1, 0.15) is 11.6 Å². The van der Waals surface area contributed by atoms with Gasteiger partial charge in [-0.3, -0.25) is 9.78 Å². The minimum absolute atomic E-state index is 0.0440. The predicted octanol–water partition coefficient (Wildman–Crippen LogP) is 4.87. The highest BCUT2D eigenvalue weighted by Gasteiger charge is 2.17. The van der Waals surface area contributed by atoms with Crippen molar-refractivity contribution in [1.82, 2.24) is 19.4 Å². The molecule has 0 radical (unpaired) electrons. The number of aryl methyl sites for hydroxylation is 2. The molecule has 0 aliphatic carbocycles. The van der Waals surface area contributed by atoms with Crippen LogP contribution in [0.3, 0.4) is 0 Å². The molecule has 2 heterocycles. The molecule has 4 rings (SSSR count). The highest BCUT2D eigenvalue weighted by molar-refractivity contribution is 5.93. The Morgan fingerprint density at radius 2 is 1.75 bits per heavy atom. The van der Waals surface area contributed by atoms with E-state index >= 15 is 0 Å². The van der Waals surface area contributed by atoms with E-state index in [1.807, 2.05) is 37.4 Å². The fourth-order valence-corrected chi connectivity index (χ4v) is 3.69. The van der Waals surface area contributed by atoms with Crippen molar-refractivity contribution in [3.63, 3.8) is 0 Å². The van der Waals surface area contributed by atoms with Gasteiger partial charge in [0.15, 0.2) is 0 Å². The van der Waals surface area contributed by atoms with Gasteiger partial charge in [-0.1, -0.05) is 29.8 Å². The fraction of sp³-hybridized carbons (Fsp3) is 0.269. The summed E-state index contributed by atoms with van der Waals surface area (Å²) in [6, 6.07) is 19.7. The topological polar surface area (TPSA) is 60.2 Å². The number of benzene rings is 2. The molecule has 0 saturated heterocycles. The van der Waals surface area contributed by atoms with Gasteiger partial charge in [-0.2, -0.15) is 0 Å². The molecular formula is C26H28N4O2. The lowest BCUT2D eigenvalue weighted by atomic mass is 10.2. The van der Waals surface area contributed by atoms with E-state index in [0.29, 0.717) is 18.7 Å². The smallest absolute Gasteiger partial charge is 0.254 e. The Hall–Kier alpha value is -3.67. The first-order chi connectivity index (χ1) is 15.6. The van der Waals surface area contributed by atoms with E-state index in [2.05, 4.69) is 34.7 Å². The number of amides is 1. The Morgan fingerprint density at radius 1 is 1.00 bits per heavy atom. The number of carbonyl (C=O) groups is 1. The lowest BCUT2D eigenvalue weighted by Crippen LogP contribution is -2.27. The maximum Gasteiger partial charge on any atom is 0.254 e. The molecule has 0 aliphatic heterocycles. The maximum absolute atomic E-state index is 12.8. The molecule has 0 saturated carbocycles. The molecule has 0 unspecified atom stereocenters. The number of nitrogens with zero attached hydrogens (tertiary/aromatic N) is 4. The summed E-state index contributed by atoms with van der Waals surface area (Å²) < 4.78 is 8.08. The van der Waals surface area contributed by atoms with Gasteiger partial charge in [-0.25, -0.2) is 4.98 Å². The average Bonchev–Trinajstić information content (AvgIpc) is 3.17. The maximum atomic E-state index is 12.8. The van der Waals surface area contributed by atoms with Crippen molar-refractivity contribution in [2.75, 3.05) is 13.7 Å². The van der Waals surface area contributed by atoms with Crippen molar-refractivity contribution >= 4 is 16.9 Å². The van der Waals surface area contributed by atoms with Gasteiger partial charge in [0, 0.05) is 31.5 Å². The average molecular weight is 429 g/mol. The van der Waals surface area contributed by atoms with Gasteiger partial charge in [-0.05, 0) is 56.2 Å². The predicted molar refractivity (Wildman–Crippen MR) is 126 cm³/mol. The van der Waals surface area contributed by atoms with Crippen molar-refractivity contribution in [2.45, 2.75) is 32.9 Å². The Labute approximate surface area is 188 Å². The van der Waals surface area contributed by atoms with Crippen LogP contribution < -0.4 is 4.74 Å². The number of carbonyl (C=O) groups excluding carboxylic acids is 1. The standard InChI is InChI=1S/C26H28N4O2/c1-20-9-11-22(12-10-20)32-18-6-5-17-30-24-8-4-3-7-23(24)28-25(30)19-29(2)26(31)21-13-15-27-16-14-21/h3-4,7-16H,5-6,17-19H2,1-2H3. The Bertz CT molecular complexity index is 1170. The van der Waals surface area contributed by atoms with Crippen molar-refractivity contribution in [1.29, 1.82) is 0 Å². The molecule has 0 aliphatic rings. The Kier molecular flexibility index (Phi) is 6.80. The van der Waals surface area contributed by atoms with Crippen LogP contribution in [-0.2, 0) is 13.1 Å². The lowest BCUT2D eigenvalue weighted by molar-refractivity contribution is 0.0780. The van der Waals surface area contributed by atoms with Gasteiger partial charge < -0.3 is 14.2 Å². The zero-order valence-corrected chi connectivity index (χ0v) is 18.6. The molecule has 0 bridgehead atoms. The van der Waals surface area contributed by atoms with Crippen LogP contribution in [0.2, 0.25) is 0 Å². The second-order valence-corrected chi connectivity index (χ2v) is 7.93. The van der Waals surface area contributed by atoms with Crippen LogP contribution in [0, 0.1) is 6.92 Å². The zero-order chi connectivity index (χ0) is 22.3. The number of hydrogen-bond acceptors (Lipinski definition) is 4. The first kappa shape index (κ1) is 21.6. The summed E-state index contributed by atoms with van der Waals surface area (Å²) in [6.07, 6.45) is 5.16. The molecule has 0 fully saturated rings. The molecule has 0 N–H and O–H groups in total. The number of pyridine rings is 1. The molecule has 0 spiro atoms. The van der Waals surface area contributed by atoms with Gasteiger partial charge >= 0.3 is 0 Å². The summed E-state index contributed by atoms with van der Waals surface area (Å²) in [4.78, 5) is 23.3. The molecule has 2 aromatic carbocycles. The van der Waals surface area contributed by atoms with Crippen molar-refractivity contribution in [3.8, 4) is 5.75 Å². The summed E-state index contributed by atoms with van der Waals surface area (Å²) in [5.74, 6) is 1.74. The Morgan fingerprint density at radius 3 is 2.53 bits per heavy atom. The van der Waals surface area contributed by atoms with E-state index in [0.717, 1.165) is 42.0 Å². The molecular weight excluding hydrogens is 400 g/mol. The zero-order valence-electron chi connectivity index (χ0n) is 18.6. The number of hydrogen-bond donors (Lipinski definition) is 0. The van der Waals surface area contributed by atoms with Crippen molar-refractivity contribution in [2.24, 2.45) is 0 Å². The SMILES string of the molecule is Cc1ccc(OCCCCn2c(CN(C)C(=O)c3ccncc3)nc3ccccc32)cc1. The van der Waals surface area contributed by atoms with E-state index in [4.69, 9.17) is 9.72 Å². The Balaban J connectivity index is 1.41. The van der Waals surface area contributed by atoms with Gasteiger partial charge in [0.05, 0.1) is 24.2 Å². The second-order valence-electron chi connectivity index (χ2n) is 7.93. The summed E-state index contributed by atoms with van der Waals surface area (Å²) in [5.41, 5.74) is 3.89. The van der Waals surface area contributed by atoms with Crippen LogP contribution in [0.1, 0.15) is 34.6 Å². The number of unbranched alkanes of at least 4 members (excludes halogenated alkanes) is 1. The number of rotatable bonds is 9. The summed E-state index contributed by atoms with van der Waals surface area (Å²) in [5, 5.41) is 0. The number of aromatic nitrogens is 3. The molecule has 1 amide bonds. The number of fused-ring (bicyclic) bond motifs is 1. The molecule has 2 aromatic heterocycles. The quantitative estimate of drug-likeness (QED) is 0.357. The largest absolute Gasteiger partial charge is 0.494 e. The molecule has 0 atom stereocenters. The fourth-order valence-electron chi connectivity index (χ4n) is 3.69. The highest BCUT2D eigenvalue weighted by atomic mass is 16.5. The van der Waals surface area contributed by atoms with Crippen molar-refractivity contribution in [3.05, 3.63) is 90.0 Å². The number of imidazole rings is 1. The number of ether oxygens (including phenoxy) is 1. The van der Waals surface area contributed by atoms with Gasteiger partial charge in [0.25, 0.3) is 5.91 Å². The van der Waals surface area contributed by atoms with Crippen LogP contribution in [0.15, 0.2) is 73.1 Å². The third-order valence-corrected chi connectivity index (χ3v) is 5.45. The lowest BCUT2D eigenvalue weighted by Gasteiger charge is -2.18. The highest BCUT2D eigenvalue weighted by Crippen LogP contribution is 2.19. The van der Waals surface area contributed by atoms with E-state index in [1.165, 1.54) is 5.56 Å². The third-order valence-electron chi connectivity index (χ3n) is 5.45. The van der Waals surface area contributed by atoms with E-state index in [9.17, 15) is 4.79 Å². The molecule has 6 nitrogen and oxygen atoms in total.